The van der Waals surface area contributed by atoms with Crippen LogP contribution in [0.1, 0.15) is 117 Å². The van der Waals surface area contributed by atoms with Crippen molar-refractivity contribution in [3.63, 3.8) is 0 Å². The lowest BCUT2D eigenvalue weighted by Gasteiger charge is -2.37. The maximum Gasteiger partial charge on any atom is -0.0233 e. The third-order valence-electron chi connectivity index (χ3n) is 8.58. The standard InChI is InChI=1S/C28H48/c1-3-7-23-11-13-25(14-12-23)9-5-6-10-26-17-21-28(22-18-26)27-19-15-24(8-4-2)16-20-27/h3,6-7,10,23-28H,4-5,8-9,11-22H2,1-2H3. The number of allylic oxidation sites excluding steroid dienone is 4. The molecule has 28 heavy (non-hydrogen) atoms. The molecule has 3 aliphatic carbocycles. The van der Waals surface area contributed by atoms with E-state index in [1.165, 1.54) is 89.9 Å². The fourth-order valence-electron chi connectivity index (χ4n) is 6.73. The highest BCUT2D eigenvalue weighted by Crippen LogP contribution is 2.42. The summed E-state index contributed by atoms with van der Waals surface area (Å²) < 4.78 is 0. The number of rotatable bonds is 8. The molecule has 0 N–H and O–H groups in total. The minimum Gasteiger partial charge on any atom is -0.0914 e. The largest absolute Gasteiger partial charge is 0.0914 e. The highest BCUT2D eigenvalue weighted by molar-refractivity contribution is 4.94. The highest BCUT2D eigenvalue weighted by atomic mass is 14.4. The molecule has 0 heteroatoms. The van der Waals surface area contributed by atoms with Crippen LogP contribution in [-0.2, 0) is 0 Å². The van der Waals surface area contributed by atoms with Crippen LogP contribution in [0.5, 0.6) is 0 Å². The molecule has 0 nitrogen and oxygen atoms in total. The summed E-state index contributed by atoms with van der Waals surface area (Å²) in [5.74, 6) is 6.01. The van der Waals surface area contributed by atoms with Gasteiger partial charge in [-0.15, -0.1) is 0 Å². The van der Waals surface area contributed by atoms with Crippen molar-refractivity contribution in [2.45, 2.75) is 117 Å². The Kier molecular flexibility index (Phi) is 9.69. The number of hydrogen-bond donors (Lipinski definition) is 0. The monoisotopic (exact) mass is 384 g/mol. The summed E-state index contributed by atoms with van der Waals surface area (Å²) in [4.78, 5) is 0. The molecule has 0 aromatic heterocycles. The Balaban J connectivity index is 1.26. The molecule has 0 aliphatic heterocycles. The van der Waals surface area contributed by atoms with Crippen LogP contribution in [0, 0.1) is 35.5 Å². The van der Waals surface area contributed by atoms with E-state index >= 15 is 0 Å². The summed E-state index contributed by atoms with van der Waals surface area (Å²) in [6, 6.07) is 0. The molecule has 0 spiro atoms. The van der Waals surface area contributed by atoms with Crippen molar-refractivity contribution in [2.75, 3.05) is 0 Å². The van der Waals surface area contributed by atoms with Crippen LogP contribution in [0.4, 0.5) is 0 Å². The predicted octanol–water partition coefficient (Wildman–Crippen LogP) is 9.12. The van der Waals surface area contributed by atoms with E-state index in [-0.39, 0.29) is 0 Å². The van der Waals surface area contributed by atoms with E-state index in [0.29, 0.717) is 0 Å². The minimum absolute atomic E-state index is 0.883. The van der Waals surface area contributed by atoms with Gasteiger partial charge in [-0.05, 0) is 119 Å². The van der Waals surface area contributed by atoms with E-state index in [4.69, 9.17) is 0 Å². The van der Waals surface area contributed by atoms with E-state index in [0.717, 1.165) is 35.5 Å². The molecule has 0 heterocycles. The molecule has 0 unspecified atom stereocenters. The molecule has 0 radical (unpaired) electrons. The van der Waals surface area contributed by atoms with Crippen LogP contribution in [0.2, 0.25) is 0 Å². The molecular weight excluding hydrogens is 336 g/mol. The molecule has 3 fully saturated rings. The van der Waals surface area contributed by atoms with Crippen LogP contribution in [0.15, 0.2) is 24.3 Å². The van der Waals surface area contributed by atoms with Gasteiger partial charge in [0.2, 0.25) is 0 Å². The van der Waals surface area contributed by atoms with E-state index in [1.54, 1.807) is 12.8 Å². The second kappa shape index (κ2) is 12.2. The summed E-state index contributed by atoms with van der Waals surface area (Å²) in [7, 11) is 0. The van der Waals surface area contributed by atoms with Crippen LogP contribution in [-0.4, -0.2) is 0 Å². The van der Waals surface area contributed by atoms with E-state index in [9.17, 15) is 0 Å². The van der Waals surface area contributed by atoms with Gasteiger partial charge in [0.25, 0.3) is 0 Å². The molecule has 3 saturated carbocycles. The van der Waals surface area contributed by atoms with Crippen molar-refractivity contribution < 1.29 is 0 Å². The molecular formula is C28H48. The van der Waals surface area contributed by atoms with Gasteiger partial charge in [-0.3, -0.25) is 0 Å². The molecule has 0 amide bonds. The fourth-order valence-corrected chi connectivity index (χ4v) is 6.73. The SMILES string of the molecule is CC=CC1CCC(CCC=CC2CCC(C3CCC(CCC)CC3)CC2)CC1. The first-order valence-electron chi connectivity index (χ1n) is 13.1. The van der Waals surface area contributed by atoms with Gasteiger partial charge in [0.1, 0.15) is 0 Å². The lowest BCUT2D eigenvalue weighted by molar-refractivity contribution is 0.152. The van der Waals surface area contributed by atoms with Crippen LogP contribution >= 0.6 is 0 Å². The first kappa shape index (κ1) is 22.2. The van der Waals surface area contributed by atoms with Gasteiger partial charge in [0.05, 0.1) is 0 Å². The Hall–Kier alpha value is -0.520. The van der Waals surface area contributed by atoms with Crippen LogP contribution in [0.25, 0.3) is 0 Å². The fraction of sp³-hybridized carbons (Fsp3) is 0.857. The molecule has 0 aromatic carbocycles. The average molecular weight is 385 g/mol. The van der Waals surface area contributed by atoms with Gasteiger partial charge in [0, 0.05) is 0 Å². The third kappa shape index (κ3) is 7.07. The van der Waals surface area contributed by atoms with E-state index < -0.39 is 0 Å². The van der Waals surface area contributed by atoms with Crippen molar-refractivity contribution in [2.24, 2.45) is 35.5 Å². The topological polar surface area (TPSA) is 0 Å². The summed E-state index contributed by atoms with van der Waals surface area (Å²) >= 11 is 0. The normalized spacial score (nSPS) is 37.6. The second-order valence-corrected chi connectivity index (χ2v) is 10.6. The van der Waals surface area contributed by atoms with Crippen LogP contribution in [0.3, 0.4) is 0 Å². The predicted molar refractivity (Wildman–Crippen MR) is 124 cm³/mol. The summed E-state index contributed by atoms with van der Waals surface area (Å²) in [6.07, 6.45) is 33.5. The zero-order valence-corrected chi connectivity index (χ0v) is 19.1. The molecule has 0 atom stereocenters. The smallest absolute Gasteiger partial charge is 0.0233 e. The van der Waals surface area contributed by atoms with Gasteiger partial charge >= 0.3 is 0 Å². The van der Waals surface area contributed by atoms with Crippen molar-refractivity contribution in [1.82, 2.24) is 0 Å². The maximum absolute atomic E-state index is 2.61. The molecule has 0 bridgehead atoms. The number of hydrogen-bond acceptors (Lipinski definition) is 0. The van der Waals surface area contributed by atoms with Gasteiger partial charge in [-0.2, -0.15) is 0 Å². The van der Waals surface area contributed by atoms with Gasteiger partial charge < -0.3 is 0 Å². The Morgan fingerprint density at radius 1 is 0.607 bits per heavy atom. The Bertz CT molecular complexity index is 448. The lowest BCUT2D eigenvalue weighted by Crippen LogP contribution is -2.25. The Morgan fingerprint density at radius 3 is 1.71 bits per heavy atom. The minimum atomic E-state index is 0.883. The van der Waals surface area contributed by atoms with Crippen molar-refractivity contribution >= 4 is 0 Å². The quantitative estimate of drug-likeness (QED) is 0.366. The molecule has 3 aliphatic rings. The summed E-state index contributed by atoms with van der Waals surface area (Å²) in [6.45, 7) is 4.53. The van der Waals surface area contributed by atoms with Crippen molar-refractivity contribution in [3.8, 4) is 0 Å². The summed E-state index contributed by atoms with van der Waals surface area (Å²) in [5.41, 5.74) is 0. The first-order valence-corrected chi connectivity index (χ1v) is 13.1. The van der Waals surface area contributed by atoms with Crippen molar-refractivity contribution in [3.05, 3.63) is 24.3 Å². The molecule has 0 aromatic rings. The average Bonchev–Trinajstić information content (AvgIpc) is 2.74. The first-order chi connectivity index (χ1) is 13.8. The second-order valence-electron chi connectivity index (χ2n) is 10.6. The van der Waals surface area contributed by atoms with Crippen molar-refractivity contribution in [1.29, 1.82) is 0 Å². The lowest BCUT2D eigenvalue weighted by atomic mass is 9.68. The third-order valence-corrected chi connectivity index (χ3v) is 8.58. The van der Waals surface area contributed by atoms with Gasteiger partial charge in [-0.1, -0.05) is 56.9 Å². The Morgan fingerprint density at radius 2 is 1.11 bits per heavy atom. The maximum atomic E-state index is 2.61. The van der Waals surface area contributed by atoms with Crippen LogP contribution < -0.4 is 0 Å². The van der Waals surface area contributed by atoms with E-state index in [2.05, 4.69) is 38.2 Å². The summed E-state index contributed by atoms with van der Waals surface area (Å²) in [5, 5.41) is 0. The molecule has 0 saturated heterocycles. The molecule has 3 rings (SSSR count). The molecule has 160 valence electrons. The van der Waals surface area contributed by atoms with Gasteiger partial charge in [-0.25, -0.2) is 0 Å². The van der Waals surface area contributed by atoms with Gasteiger partial charge in [0.15, 0.2) is 0 Å². The van der Waals surface area contributed by atoms with E-state index in [1.807, 2.05) is 0 Å². The highest BCUT2D eigenvalue weighted by Gasteiger charge is 2.30. The zero-order valence-electron chi connectivity index (χ0n) is 19.1. The zero-order chi connectivity index (χ0) is 19.6. The Labute approximate surface area is 176 Å².